The number of aromatic nitrogens is 2. The summed E-state index contributed by atoms with van der Waals surface area (Å²) in [5.41, 5.74) is 6.75. The minimum Gasteiger partial charge on any atom is -0.370 e. The molecule has 0 atom stereocenters. The van der Waals surface area contributed by atoms with Gasteiger partial charge in [0.1, 0.15) is 5.82 Å². The third kappa shape index (κ3) is 3.14. The summed E-state index contributed by atoms with van der Waals surface area (Å²) in [6.45, 7) is 0.454. The van der Waals surface area contributed by atoms with E-state index in [-0.39, 0.29) is 12.3 Å². The lowest BCUT2D eigenvalue weighted by atomic mass is 10.3. The molecule has 2 aromatic rings. The van der Waals surface area contributed by atoms with E-state index in [4.69, 9.17) is 40.5 Å². The van der Waals surface area contributed by atoms with Crippen LogP contribution in [0.5, 0.6) is 0 Å². The number of nitrogens with zero attached hydrogens (tertiary/aromatic N) is 2. The Morgan fingerprint density at radius 2 is 2.00 bits per heavy atom. The zero-order chi connectivity index (χ0) is 14.0. The summed E-state index contributed by atoms with van der Waals surface area (Å²) in [4.78, 5) is 15.4. The van der Waals surface area contributed by atoms with Crippen LogP contribution in [0.4, 0.5) is 0 Å². The summed E-state index contributed by atoms with van der Waals surface area (Å²) in [5, 5.41) is 0.901. The minimum absolute atomic E-state index is 0.237. The maximum absolute atomic E-state index is 10.9. The highest BCUT2D eigenvalue weighted by Gasteiger charge is 2.13. The first-order valence-electron chi connectivity index (χ1n) is 5.71. The van der Waals surface area contributed by atoms with Crippen molar-refractivity contribution in [3.8, 4) is 0 Å². The van der Waals surface area contributed by atoms with Crippen molar-refractivity contribution in [1.82, 2.24) is 9.55 Å². The average Bonchev–Trinajstić information content (AvgIpc) is 2.65. The van der Waals surface area contributed by atoms with Gasteiger partial charge in [0.15, 0.2) is 0 Å². The van der Waals surface area contributed by atoms with Gasteiger partial charge in [-0.2, -0.15) is 0 Å². The van der Waals surface area contributed by atoms with Crippen molar-refractivity contribution in [2.24, 2.45) is 5.73 Å². The van der Waals surface area contributed by atoms with E-state index < -0.39 is 0 Å². The smallest absolute Gasteiger partial charge is 0.219 e. The number of rotatable bonds is 5. The average molecular weight is 321 g/mol. The van der Waals surface area contributed by atoms with Crippen LogP contribution in [0.15, 0.2) is 12.1 Å². The third-order valence-corrected chi connectivity index (χ3v) is 3.68. The molecule has 0 aliphatic carbocycles. The molecule has 0 fully saturated rings. The van der Waals surface area contributed by atoms with Crippen LogP contribution in [0, 0.1) is 0 Å². The lowest BCUT2D eigenvalue weighted by Crippen LogP contribution is -2.15. The Hall–Kier alpha value is -0.970. The summed E-state index contributed by atoms with van der Waals surface area (Å²) >= 11 is 17.8. The quantitative estimate of drug-likeness (QED) is 0.861. The van der Waals surface area contributed by atoms with Gasteiger partial charge in [-0.05, 0) is 12.1 Å². The fourth-order valence-electron chi connectivity index (χ4n) is 1.92. The van der Waals surface area contributed by atoms with Crippen molar-refractivity contribution in [1.29, 1.82) is 0 Å². The molecule has 2 N–H and O–H groups in total. The molecule has 1 aromatic carbocycles. The van der Waals surface area contributed by atoms with Gasteiger partial charge in [-0.3, -0.25) is 4.79 Å². The molecule has 0 aliphatic heterocycles. The number of aryl methyl sites for hydroxylation is 2. The van der Waals surface area contributed by atoms with Crippen LogP contribution < -0.4 is 5.73 Å². The van der Waals surface area contributed by atoms with Crippen molar-refractivity contribution in [2.75, 3.05) is 5.88 Å². The molecular weight excluding hydrogens is 309 g/mol. The molecule has 1 aromatic heterocycles. The number of carbonyl (C=O) groups is 1. The van der Waals surface area contributed by atoms with E-state index in [2.05, 4.69) is 4.98 Å². The summed E-state index contributed by atoms with van der Waals surface area (Å²) in [5.74, 6) is 0.879. The van der Waals surface area contributed by atoms with Crippen molar-refractivity contribution in [3.05, 3.63) is 28.0 Å². The zero-order valence-electron chi connectivity index (χ0n) is 10.00. The number of alkyl halides is 1. The summed E-state index contributed by atoms with van der Waals surface area (Å²) in [6.07, 6.45) is 0.839. The Balaban J connectivity index is 2.51. The number of amides is 1. The zero-order valence-corrected chi connectivity index (χ0v) is 12.3. The maximum atomic E-state index is 10.9. The molecular formula is C12H12Cl3N3O. The molecule has 0 saturated carbocycles. The molecule has 0 radical (unpaired) electrons. The lowest BCUT2D eigenvalue weighted by molar-refractivity contribution is -0.118. The maximum Gasteiger partial charge on any atom is 0.219 e. The first kappa shape index (κ1) is 14.4. The van der Waals surface area contributed by atoms with E-state index >= 15 is 0 Å². The molecule has 7 heteroatoms. The van der Waals surface area contributed by atoms with Gasteiger partial charge in [-0.1, -0.05) is 23.2 Å². The van der Waals surface area contributed by atoms with Gasteiger partial charge < -0.3 is 10.3 Å². The van der Waals surface area contributed by atoms with E-state index in [0.717, 1.165) is 16.9 Å². The molecule has 0 bridgehead atoms. The van der Waals surface area contributed by atoms with E-state index in [0.29, 0.717) is 28.9 Å². The molecule has 1 heterocycles. The van der Waals surface area contributed by atoms with Crippen LogP contribution in [-0.4, -0.2) is 21.3 Å². The molecule has 0 aliphatic rings. The third-order valence-electron chi connectivity index (χ3n) is 2.77. The number of hydrogen-bond donors (Lipinski definition) is 1. The molecule has 0 spiro atoms. The Bertz CT molecular complexity index is 624. The van der Waals surface area contributed by atoms with E-state index in [1.54, 1.807) is 12.1 Å². The topological polar surface area (TPSA) is 60.9 Å². The number of nitrogens with two attached hydrogens (primary N) is 1. The molecule has 4 nitrogen and oxygen atoms in total. The Morgan fingerprint density at radius 3 is 2.63 bits per heavy atom. The second kappa shape index (κ2) is 5.99. The second-order valence-electron chi connectivity index (χ2n) is 4.09. The van der Waals surface area contributed by atoms with Gasteiger partial charge in [-0.15, -0.1) is 11.6 Å². The van der Waals surface area contributed by atoms with Gasteiger partial charge in [0.25, 0.3) is 0 Å². The van der Waals surface area contributed by atoms with Crippen LogP contribution in [0.25, 0.3) is 11.0 Å². The fourth-order valence-corrected chi connectivity index (χ4v) is 2.40. The number of halogens is 3. The van der Waals surface area contributed by atoms with E-state index in [1.165, 1.54) is 0 Å². The van der Waals surface area contributed by atoms with Crippen molar-refractivity contribution in [2.45, 2.75) is 19.4 Å². The lowest BCUT2D eigenvalue weighted by Gasteiger charge is -2.07. The van der Waals surface area contributed by atoms with Gasteiger partial charge in [-0.25, -0.2) is 4.98 Å². The predicted octanol–water partition coefficient (Wildman–Crippen LogP) is 3.00. The standard InChI is InChI=1S/C12H12Cl3N3O/c13-3-1-12-17-9-5-7(14)8(15)6-10(9)18(12)4-2-11(16)19/h5-6H,1-4H2,(H2,16,19). The summed E-state index contributed by atoms with van der Waals surface area (Å²) in [7, 11) is 0. The van der Waals surface area contributed by atoms with Crippen molar-refractivity contribution in [3.63, 3.8) is 0 Å². The van der Waals surface area contributed by atoms with Crippen molar-refractivity contribution >= 4 is 51.7 Å². The Kier molecular flexibility index (Phi) is 4.55. The van der Waals surface area contributed by atoms with Crippen LogP contribution >= 0.6 is 34.8 Å². The fraction of sp³-hybridized carbons (Fsp3) is 0.333. The largest absolute Gasteiger partial charge is 0.370 e. The normalized spacial score (nSPS) is 11.1. The number of hydrogen-bond acceptors (Lipinski definition) is 2. The Labute approximate surface area is 125 Å². The SMILES string of the molecule is NC(=O)CCn1c(CCCl)nc2cc(Cl)c(Cl)cc21. The minimum atomic E-state index is -0.362. The van der Waals surface area contributed by atoms with Gasteiger partial charge in [0, 0.05) is 25.3 Å². The first-order valence-corrected chi connectivity index (χ1v) is 7.00. The van der Waals surface area contributed by atoms with Gasteiger partial charge in [0.05, 0.1) is 21.1 Å². The number of imidazole rings is 1. The highest BCUT2D eigenvalue weighted by atomic mass is 35.5. The highest BCUT2D eigenvalue weighted by Crippen LogP contribution is 2.28. The van der Waals surface area contributed by atoms with Crippen LogP contribution in [0.2, 0.25) is 10.0 Å². The number of carbonyl (C=O) groups excluding carboxylic acids is 1. The number of primary amides is 1. The number of fused-ring (bicyclic) bond motifs is 1. The van der Waals surface area contributed by atoms with Gasteiger partial charge in [0.2, 0.25) is 5.91 Å². The number of benzene rings is 1. The van der Waals surface area contributed by atoms with E-state index in [9.17, 15) is 4.79 Å². The molecule has 2 rings (SSSR count). The van der Waals surface area contributed by atoms with Crippen molar-refractivity contribution < 1.29 is 4.79 Å². The predicted molar refractivity (Wildman–Crippen MR) is 78.0 cm³/mol. The molecule has 0 unspecified atom stereocenters. The van der Waals surface area contributed by atoms with Crippen LogP contribution in [0.1, 0.15) is 12.2 Å². The molecule has 1 amide bonds. The highest BCUT2D eigenvalue weighted by molar-refractivity contribution is 6.42. The van der Waals surface area contributed by atoms with E-state index in [1.807, 2.05) is 4.57 Å². The molecule has 19 heavy (non-hydrogen) atoms. The Morgan fingerprint density at radius 1 is 1.32 bits per heavy atom. The van der Waals surface area contributed by atoms with Crippen LogP contribution in [-0.2, 0) is 17.8 Å². The molecule has 0 saturated heterocycles. The second-order valence-corrected chi connectivity index (χ2v) is 5.28. The van der Waals surface area contributed by atoms with Gasteiger partial charge >= 0.3 is 0 Å². The monoisotopic (exact) mass is 319 g/mol. The summed E-state index contributed by atoms with van der Waals surface area (Å²) in [6, 6.07) is 3.45. The summed E-state index contributed by atoms with van der Waals surface area (Å²) < 4.78 is 1.91. The first-order chi connectivity index (χ1) is 9.02. The van der Waals surface area contributed by atoms with Crippen LogP contribution in [0.3, 0.4) is 0 Å². The molecule has 102 valence electrons.